The maximum Gasteiger partial charge on any atom is 0.410 e. The molecule has 2 aromatic rings. The number of carbonyl (C=O) groups is 6. The summed E-state index contributed by atoms with van der Waals surface area (Å²) in [5.74, 6) is -3.16. The molecule has 0 aliphatic carbocycles. The number of amides is 5. The second kappa shape index (κ2) is 17.2. The molecule has 0 spiro atoms. The van der Waals surface area contributed by atoms with E-state index in [0.29, 0.717) is 63.6 Å². The van der Waals surface area contributed by atoms with E-state index in [4.69, 9.17) is 9.47 Å². The van der Waals surface area contributed by atoms with Gasteiger partial charge in [-0.3, -0.25) is 19.7 Å². The lowest BCUT2D eigenvalue weighted by Gasteiger charge is -2.37. The van der Waals surface area contributed by atoms with Crippen LogP contribution in [0.2, 0.25) is 0 Å². The van der Waals surface area contributed by atoms with Crippen LogP contribution in [-0.2, 0) is 30.3 Å². The Balaban J connectivity index is 0.000000226. The van der Waals surface area contributed by atoms with Crippen molar-refractivity contribution in [2.75, 3.05) is 69.3 Å². The van der Waals surface area contributed by atoms with Crippen molar-refractivity contribution in [1.29, 1.82) is 5.26 Å². The van der Waals surface area contributed by atoms with E-state index in [2.05, 4.69) is 10.1 Å². The molecule has 58 heavy (non-hydrogen) atoms. The van der Waals surface area contributed by atoms with E-state index < -0.39 is 58.8 Å². The third-order valence-electron chi connectivity index (χ3n) is 9.75. The highest BCUT2D eigenvalue weighted by Gasteiger charge is 2.40. The number of hydrogen-bond acceptors (Lipinski definition) is 12. The molecule has 3 saturated heterocycles. The van der Waals surface area contributed by atoms with Gasteiger partial charge in [0, 0.05) is 70.9 Å². The van der Waals surface area contributed by atoms with Gasteiger partial charge in [0.15, 0.2) is 0 Å². The molecule has 16 nitrogen and oxygen atoms in total. The van der Waals surface area contributed by atoms with Gasteiger partial charge in [-0.1, -0.05) is 0 Å². The van der Waals surface area contributed by atoms with E-state index in [1.807, 2.05) is 11.0 Å². The fourth-order valence-corrected chi connectivity index (χ4v) is 6.91. The number of anilines is 2. The number of carbonyl (C=O) groups excluding carboxylic acids is 6. The summed E-state index contributed by atoms with van der Waals surface area (Å²) < 4.78 is 44.7. The molecule has 1 atom stereocenters. The normalized spacial score (nSPS) is 18.4. The Morgan fingerprint density at radius 2 is 1.28 bits per heavy atom. The van der Waals surface area contributed by atoms with Crippen LogP contribution in [0.25, 0.3) is 0 Å². The molecule has 0 aromatic heterocycles. The maximum absolute atomic E-state index is 14.9. The van der Waals surface area contributed by atoms with Crippen LogP contribution in [0, 0.1) is 23.0 Å². The van der Waals surface area contributed by atoms with Crippen molar-refractivity contribution in [2.24, 2.45) is 0 Å². The minimum absolute atomic E-state index is 0.0443. The van der Waals surface area contributed by atoms with Gasteiger partial charge in [-0.05, 0) is 77.8 Å². The second-order valence-corrected chi connectivity index (χ2v) is 16.2. The zero-order chi connectivity index (χ0) is 42.7. The number of piperidine rings is 1. The molecule has 2 aromatic carbocycles. The SMILES string of the molecule is CC(C)(C)OC(=O)N1CCN(c2cc3c(cc2F)C(=O)N(C2CCC(=O)NC2=O)C3)CC1.COC(=O)c1cc(F)c(N2CCN(C(=O)OC(C)(C)C)CC2)cc1C#N. The summed E-state index contributed by atoms with van der Waals surface area (Å²) in [5, 5.41) is 11.5. The zero-order valence-corrected chi connectivity index (χ0v) is 33.8. The number of esters is 1. The monoisotopic (exact) mass is 809 g/mol. The number of ether oxygens (including phenoxy) is 3. The van der Waals surface area contributed by atoms with Crippen molar-refractivity contribution in [3.05, 3.63) is 58.2 Å². The lowest BCUT2D eigenvalue weighted by atomic mass is 10.0. The number of methoxy groups -OCH3 is 1. The molecule has 0 saturated carbocycles. The Bertz CT molecular complexity index is 2010. The standard InChI is InChI=1S/C22H27FN4O5.C18H22FN3O4/c1-22(2,3)32-21(31)26-8-6-25(7-9-26)17-10-13-12-27(20(30)14(13)11-15(17)23)16-4-5-18(28)24-19(16)29;1-18(2,3)26-17(24)22-7-5-21(6-8-22)15-9-12(11-20)13(10-14(15)19)16(23)25-4/h10-11,16H,4-9,12H2,1-3H3,(H,24,28,29);9-10H,5-8H2,1-4H3. The van der Waals surface area contributed by atoms with E-state index in [0.717, 1.165) is 6.07 Å². The highest BCUT2D eigenvalue weighted by atomic mass is 19.1. The maximum atomic E-state index is 14.9. The van der Waals surface area contributed by atoms with Crippen molar-refractivity contribution < 1.29 is 51.8 Å². The first-order chi connectivity index (χ1) is 27.2. The first kappa shape index (κ1) is 43.1. The first-order valence-electron chi connectivity index (χ1n) is 18.9. The van der Waals surface area contributed by atoms with Crippen molar-refractivity contribution in [3.8, 4) is 6.07 Å². The fourth-order valence-electron chi connectivity index (χ4n) is 6.91. The third kappa shape index (κ3) is 10.1. The van der Waals surface area contributed by atoms with Gasteiger partial charge in [0.25, 0.3) is 5.91 Å². The Morgan fingerprint density at radius 3 is 1.74 bits per heavy atom. The van der Waals surface area contributed by atoms with Crippen LogP contribution < -0.4 is 15.1 Å². The second-order valence-electron chi connectivity index (χ2n) is 16.2. The highest BCUT2D eigenvalue weighted by molar-refractivity contribution is 6.05. The van der Waals surface area contributed by atoms with E-state index in [1.165, 1.54) is 24.1 Å². The van der Waals surface area contributed by atoms with Crippen molar-refractivity contribution >= 4 is 47.3 Å². The number of fused-ring (bicyclic) bond motifs is 1. The highest BCUT2D eigenvalue weighted by Crippen LogP contribution is 2.33. The van der Waals surface area contributed by atoms with E-state index >= 15 is 0 Å². The van der Waals surface area contributed by atoms with Crippen LogP contribution in [0.3, 0.4) is 0 Å². The third-order valence-corrected chi connectivity index (χ3v) is 9.75. The lowest BCUT2D eigenvalue weighted by Crippen LogP contribution is -2.52. The van der Waals surface area contributed by atoms with Gasteiger partial charge in [-0.2, -0.15) is 5.26 Å². The van der Waals surface area contributed by atoms with Crippen LogP contribution in [0.5, 0.6) is 0 Å². The van der Waals surface area contributed by atoms with Crippen molar-refractivity contribution in [1.82, 2.24) is 20.0 Å². The summed E-state index contributed by atoms with van der Waals surface area (Å²) in [6, 6.07) is 6.38. The smallest absolute Gasteiger partial charge is 0.410 e. The Morgan fingerprint density at radius 1 is 0.776 bits per heavy atom. The van der Waals surface area contributed by atoms with Crippen molar-refractivity contribution in [3.63, 3.8) is 0 Å². The van der Waals surface area contributed by atoms with E-state index in [-0.39, 0.29) is 47.7 Å². The molecule has 4 aliphatic heterocycles. The number of nitrogens with zero attached hydrogens (tertiary/aromatic N) is 6. The number of hydrogen-bond donors (Lipinski definition) is 1. The molecule has 4 aliphatic rings. The van der Waals surface area contributed by atoms with Gasteiger partial charge in [0.05, 0.1) is 29.6 Å². The number of rotatable bonds is 4. The summed E-state index contributed by atoms with van der Waals surface area (Å²) in [7, 11) is 1.17. The van der Waals surface area contributed by atoms with Crippen LogP contribution in [0.15, 0.2) is 24.3 Å². The zero-order valence-electron chi connectivity index (χ0n) is 33.8. The van der Waals surface area contributed by atoms with Gasteiger partial charge in [0.2, 0.25) is 11.8 Å². The van der Waals surface area contributed by atoms with Crippen LogP contribution in [0.4, 0.5) is 29.7 Å². The number of benzene rings is 2. The molecule has 1 N–H and O–H groups in total. The quantitative estimate of drug-likeness (QED) is 0.265. The molecule has 4 heterocycles. The Kier molecular flexibility index (Phi) is 12.8. The topological polar surface area (TPSA) is 182 Å². The van der Waals surface area contributed by atoms with Crippen molar-refractivity contribution in [2.45, 2.75) is 78.2 Å². The summed E-state index contributed by atoms with van der Waals surface area (Å²) in [6.45, 7) is 14.2. The molecule has 312 valence electrons. The summed E-state index contributed by atoms with van der Waals surface area (Å²) in [6.07, 6.45) is -0.377. The van der Waals surface area contributed by atoms with Gasteiger partial charge in [-0.15, -0.1) is 0 Å². The summed E-state index contributed by atoms with van der Waals surface area (Å²) in [4.78, 5) is 80.6. The number of imide groups is 1. The lowest BCUT2D eigenvalue weighted by molar-refractivity contribution is -0.136. The molecule has 1 unspecified atom stereocenters. The largest absolute Gasteiger partial charge is 0.465 e. The molecular formula is C40H49F2N7O9. The number of nitrogens with one attached hydrogen (secondary N) is 1. The van der Waals surface area contributed by atoms with E-state index in [9.17, 15) is 42.8 Å². The first-order valence-corrected chi connectivity index (χ1v) is 18.9. The average Bonchev–Trinajstić information content (AvgIpc) is 3.47. The summed E-state index contributed by atoms with van der Waals surface area (Å²) in [5.41, 5.74) is 0.247. The molecule has 5 amide bonds. The Hall–Kier alpha value is -5.99. The molecule has 18 heteroatoms. The summed E-state index contributed by atoms with van der Waals surface area (Å²) >= 11 is 0. The van der Waals surface area contributed by atoms with Gasteiger partial charge >= 0.3 is 18.2 Å². The van der Waals surface area contributed by atoms with Crippen LogP contribution in [0.1, 0.15) is 86.2 Å². The number of nitriles is 1. The Labute approximate surface area is 335 Å². The molecular weight excluding hydrogens is 760 g/mol. The predicted octanol–water partition coefficient (Wildman–Crippen LogP) is 4.18. The molecule has 0 bridgehead atoms. The van der Waals surface area contributed by atoms with Gasteiger partial charge in [-0.25, -0.2) is 23.2 Å². The van der Waals surface area contributed by atoms with Gasteiger partial charge < -0.3 is 38.7 Å². The molecule has 0 radical (unpaired) electrons. The molecule has 6 rings (SSSR count). The number of piperazine rings is 2. The minimum Gasteiger partial charge on any atom is -0.465 e. The average molecular weight is 810 g/mol. The van der Waals surface area contributed by atoms with Crippen LogP contribution >= 0.6 is 0 Å². The van der Waals surface area contributed by atoms with Crippen LogP contribution in [-0.4, -0.2) is 127 Å². The fraction of sp³-hybridized carbons (Fsp3) is 0.525. The van der Waals surface area contributed by atoms with Gasteiger partial charge in [0.1, 0.15) is 34.9 Å². The predicted molar refractivity (Wildman–Crippen MR) is 205 cm³/mol. The minimum atomic E-state index is -0.762. The van der Waals surface area contributed by atoms with E-state index in [1.54, 1.807) is 62.3 Å². The number of halogens is 2. The molecule has 3 fully saturated rings.